The number of amides is 8. The molecule has 0 spiro atoms. The normalized spacial score (nSPS) is 18.3. The maximum Gasteiger partial charge on any atom is 0.335 e. The minimum atomic E-state index is -1.90. The van der Waals surface area contributed by atoms with Crippen LogP contribution in [-0.4, -0.2) is 91.9 Å². The number of rotatable bonds is 10. The van der Waals surface area contributed by atoms with Crippen molar-refractivity contribution in [2.45, 2.75) is 113 Å². The van der Waals surface area contributed by atoms with Gasteiger partial charge in [0.05, 0.1) is 0 Å². The van der Waals surface area contributed by atoms with Crippen molar-refractivity contribution >= 4 is 41.0 Å². The van der Waals surface area contributed by atoms with Gasteiger partial charge in [-0.15, -0.1) is 0 Å². The minimum Gasteiger partial charge on any atom is -0.449 e. The average molecular weight is 785 g/mol. The van der Waals surface area contributed by atoms with Gasteiger partial charge in [-0.1, -0.05) is 67.5 Å². The monoisotopic (exact) mass is 784 g/mol. The molecule has 8 amide bonds. The minimum absolute atomic E-state index is 0.247. The molecule has 0 unspecified atom stereocenters. The molecule has 54 heavy (non-hydrogen) atoms. The van der Waals surface area contributed by atoms with Crippen molar-refractivity contribution in [3.8, 4) is 23.0 Å². The first kappa shape index (κ1) is 41.3. The topological polar surface area (TPSA) is 115 Å². The lowest BCUT2D eigenvalue weighted by Gasteiger charge is -2.45. The Morgan fingerprint density at radius 1 is 0.537 bits per heavy atom. The zero-order chi connectivity index (χ0) is 40.2. The van der Waals surface area contributed by atoms with E-state index in [1.165, 1.54) is 9.80 Å². The highest BCUT2D eigenvalue weighted by Crippen LogP contribution is 2.61. The van der Waals surface area contributed by atoms with Gasteiger partial charge in [0, 0.05) is 55.8 Å². The van der Waals surface area contributed by atoms with Gasteiger partial charge in [0.2, 0.25) is 0 Å². The van der Waals surface area contributed by atoms with Gasteiger partial charge in [0.25, 0.3) is 0 Å². The second-order valence-corrected chi connectivity index (χ2v) is 19.4. The lowest BCUT2D eigenvalue weighted by atomic mass is 9.72. The van der Waals surface area contributed by atoms with Crippen molar-refractivity contribution in [1.29, 1.82) is 0 Å². The molecule has 0 saturated carbocycles. The van der Waals surface area contributed by atoms with E-state index < -0.39 is 22.3 Å². The third-order valence-corrected chi connectivity index (χ3v) is 14.4. The van der Waals surface area contributed by atoms with Crippen LogP contribution in [0.5, 0.6) is 23.0 Å². The fourth-order valence-electron chi connectivity index (χ4n) is 6.81. The Bertz CT molecular complexity index is 1650. The molecule has 2 aromatic carbocycles. The average Bonchev–Trinajstić information content (AvgIpc) is 3.09. The Hall–Kier alpha value is -3.82. The second-order valence-electron chi connectivity index (χ2n) is 16.1. The van der Waals surface area contributed by atoms with E-state index in [9.17, 15) is 19.2 Å². The highest BCUT2D eigenvalue weighted by molar-refractivity contribution is 7.50. The first-order valence-electron chi connectivity index (χ1n) is 19.0. The van der Waals surface area contributed by atoms with Crippen LogP contribution < -0.4 is 13.8 Å². The number of benzene rings is 2. The van der Waals surface area contributed by atoms with Crippen molar-refractivity contribution in [3.63, 3.8) is 0 Å². The first-order valence-corrected chi connectivity index (χ1v) is 21.4. The zero-order valence-corrected chi connectivity index (χ0v) is 36.3. The van der Waals surface area contributed by atoms with E-state index in [1.807, 2.05) is 39.8 Å². The van der Waals surface area contributed by atoms with E-state index in [4.69, 9.17) is 13.8 Å². The highest BCUT2D eigenvalue weighted by atomic mass is 31.2. The van der Waals surface area contributed by atoms with E-state index in [0.717, 1.165) is 22.3 Å². The molecule has 0 radical (unpaired) electrons. The summed E-state index contributed by atoms with van der Waals surface area (Å²) in [5.74, 6) is 1.74. The van der Waals surface area contributed by atoms with E-state index in [0.29, 0.717) is 49.2 Å². The number of hydrogen-bond acceptors (Lipinski definition) is 7. The van der Waals surface area contributed by atoms with Gasteiger partial charge >= 0.3 is 41.0 Å². The predicted molar refractivity (Wildman–Crippen MR) is 213 cm³/mol. The van der Waals surface area contributed by atoms with Crippen LogP contribution in [0.1, 0.15) is 119 Å². The molecule has 0 aliphatic carbocycles. The summed E-state index contributed by atoms with van der Waals surface area (Å²) in [5.41, 5.74) is 2.56. The lowest BCUT2D eigenvalue weighted by molar-refractivity contribution is 0.148. The van der Waals surface area contributed by atoms with Crippen LogP contribution in [0.2, 0.25) is 0 Å². The molecule has 2 fully saturated rings. The number of ether oxygens (including phenoxy) is 1. The maximum absolute atomic E-state index is 13.6. The zero-order valence-electron chi connectivity index (χ0n) is 34.5. The summed E-state index contributed by atoms with van der Waals surface area (Å²) in [5, 5.41) is 0. The fraction of sp³-hybridized carbons (Fsp3) is 0.590. The Morgan fingerprint density at radius 2 is 0.833 bits per heavy atom. The van der Waals surface area contributed by atoms with Crippen molar-refractivity contribution in [3.05, 3.63) is 46.5 Å². The van der Waals surface area contributed by atoms with Gasteiger partial charge < -0.3 is 13.8 Å². The van der Waals surface area contributed by atoms with Crippen molar-refractivity contribution in [2.75, 3.05) is 39.3 Å². The number of carbonyl (C=O) groups excluding carboxylic acids is 4. The predicted octanol–water partition coefficient (Wildman–Crippen LogP) is 10.4. The van der Waals surface area contributed by atoms with E-state index in [1.54, 1.807) is 32.5 Å². The van der Waals surface area contributed by atoms with Crippen LogP contribution in [0, 0.1) is 0 Å². The van der Waals surface area contributed by atoms with Crippen LogP contribution in [-0.2, 0) is 16.2 Å². The van der Waals surface area contributed by atoms with Crippen LogP contribution >= 0.6 is 16.9 Å². The SMILES string of the molecule is CCN1C(=O)N(CC)P(Oc2cc(C(C)(C)C)cc3c2Oc2c(OP4N(CC)C(=O)N(CC)C(=O)N4CC)cc(C(C)(C)C)cc2C3(C)C)N(CC)C1=O. The number of fused-ring (bicyclic) bond motifs is 2. The van der Waals surface area contributed by atoms with Crippen LogP contribution in [0.25, 0.3) is 0 Å². The lowest BCUT2D eigenvalue weighted by Crippen LogP contribution is -2.56. The largest absolute Gasteiger partial charge is 0.449 e. The smallest absolute Gasteiger partial charge is 0.335 e. The molecule has 0 N–H and O–H groups in total. The highest BCUT2D eigenvalue weighted by Gasteiger charge is 2.49. The Kier molecular flexibility index (Phi) is 11.5. The van der Waals surface area contributed by atoms with Crippen molar-refractivity contribution in [2.24, 2.45) is 0 Å². The Balaban J connectivity index is 1.73. The van der Waals surface area contributed by atoms with Crippen LogP contribution in [0.4, 0.5) is 19.2 Å². The number of hydrogen-bond donors (Lipinski definition) is 0. The molecular weight excluding hydrogens is 726 g/mol. The van der Waals surface area contributed by atoms with E-state index in [-0.39, 0.29) is 48.0 Å². The molecule has 0 atom stereocenters. The molecule has 13 nitrogen and oxygen atoms in total. The van der Waals surface area contributed by atoms with Gasteiger partial charge in [-0.25, -0.2) is 29.0 Å². The molecule has 3 heterocycles. The van der Waals surface area contributed by atoms with Gasteiger partial charge in [-0.05, 0) is 75.6 Å². The summed E-state index contributed by atoms with van der Waals surface area (Å²) in [6.07, 6.45) is 0. The molecule has 296 valence electrons. The van der Waals surface area contributed by atoms with Crippen LogP contribution in [0.15, 0.2) is 24.3 Å². The Morgan fingerprint density at radius 3 is 1.07 bits per heavy atom. The molecule has 0 bridgehead atoms. The summed E-state index contributed by atoms with van der Waals surface area (Å²) in [6, 6.07) is 6.67. The molecule has 2 aromatic rings. The molecule has 0 aromatic heterocycles. The molecular formula is C39H58N6O7P2. The van der Waals surface area contributed by atoms with Gasteiger partial charge in [0.1, 0.15) is 0 Å². The number of nitrogens with zero attached hydrogens (tertiary/aromatic N) is 6. The standard InChI is InChI=1S/C39H58N6O7P2/c1-15-40-33(46)42(17-3)53(43(18-4)34(40)47)51-29-23-25(37(7,8)9)21-27-31(29)50-32-28(39(27,13)14)22-26(38(10,11)12)24-30(32)52-54-44(19-5)35(48)41(16-2)36(49)45(54)20-6/h21-24H,15-20H2,1-14H3. The summed E-state index contributed by atoms with van der Waals surface area (Å²) >= 11 is 0. The summed E-state index contributed by atoms with van der Waals surface area (Å²) in [7, 11) is -3.80. The van der Waals surface area contributed by atoms with Crippen molar-refractivity contribution in [1.82, 2.24) is 28.5 Å². The van der Waals surface area contributed by atoms with Gasteiger partial charge in [-0.2, -0.15) is 0 Å². The molecule has 3 aliphatic heterocycles. The summed E-state index contributed by atoms with van der Waals surface area (Å²) in [6.45, 7) is 30.0. The number of urea groups is 4. The summed E-state index contributed by atoms with van der Waals surface area (Å²) in [4.78, 5) is 56.9. The Labute approximate surface area is 323 Å². The van der Waals surface area contributed by atoms with Crippen LogP contribution in [0.3, 0.4) is 0 Å². The van der Waals surface area contributed by atoms with E-state index in [2.05, 4.69) is 67.5 Å². The summed E-state index contributed by atoms with van der Waals surface area (Å²) < 4.78 is 27.3. The number of carbonyl (C=O) groups is 4. The number of imide groups is 2. The van der Waals surface area contributed by atoms with E-state index >= 15 is 0 Å². The molecule has 5 rings (SSSR count). The second kappa shape index (κ2) is 15.0. The molecule has 15 heteroatoms. The first-order chi connectivity index (χ1) is 25.2. The maximum atomic E-state index is 13.6. The fourth-order valence-corrected chi connectivity index (χ4v) is 10.3. The third-order valence-electron chi connectivity index (χ3n) is 10.2. The molecule has 2 saturated heterocycles. The quantitative estimate of drug-likeness (QED) is 0.220. The van der Waals surface area contributed by atoms with Gasteiger partial charge in [0.15, 0.2) is 23.0 Å². The molecule has 3 aliphatic rings. The van der Waals surface area contributed by atoms with Gasteiger partial charge in [-0.3, -0.25) is 18.7 Å². The third kappa shape index (κ3) is 6.95. The van der Waals surface area contributed by atoms with Crippen molar-refractivity contribution < 1.29 is 33.0 Å².